The molecule has 1 amide bonds. The number of hydrogen-bond acceptors (Lipinski definition) is 2. The van der Waals surface area contributed by atoms with Gasteiger partial charge in [-0.2, -0.15) is 5.10 Å². The van der Waals surface area contributed by atoms with Gasteiger partial charge in [0.25, 0.3) is 0 Å². The van der Waals surface area contributed by atoms with Crippen LogP contribution >= 0.6 is 0 Å². The van der Waals surface area contributed by atoms with Crippen molar-refractivity contribution in [1.82, 2.24) is 15.1 Å². The fourth-order valence-electron chi connectivity index (χ4n) is 3.98. The van der Waals surface area contributed by atoms with Crippen molar-refractivity contribution in [3.05, 3.63) is 51.3 Å². The van der Waals surface area contributed by atoms with E-state index in [4.69, 9.17) is 0 Å². The van der Waals surface area contributed by atoms with E-state index < -0.39 is 52.3 Å². The molecule has 1 aromatic carbocycles. The van der Waals surface area contributed by atoms with Gasteiger partial charge in [0.2, 0.25) is 5.91 Å². The zero-order valence-corrected chi connectivity index (χ0v) is 17.9. The maximum Gasteiger partial charge on any atom is 0.226 e. The summed E-state index contributed by atoms with van der Waals surface area (Å²) in [6.07, 6.45) is 1.60. The van der Waals surface area contributed by atoms with Gasteiger partial charge in [0, 0.05) is 30.6 Å². The standard InChI is InChI=1S/C22H27F4N3O/c1-11-6-7-12-15(29(5)28-21(11)12)8-16(30)27-10-14-19(25)17(23)13(9-22(2,3)4)18(24)20(14)26/h11H,6-10H2,1-5H3,(H,27,30). The molecule has 1 aliphatic carbocycles. The molecule has 0 saturated carbocycles. The van der Waals surface area contributed by atoms with Gasteiger partial charge in [0.05, 0.1) is 17.8 Å². The van der Waals surface area contributed by atoms with Crippen LogP contribution in [0.3, 0.4) is 0 Å². The molecule has 1 aromatic heterocycles. The maximum absolute atomic E-state index is 14.4. The number of aromatic nitrogens is 2. The summed E-state index contributed by atoms with van der Waals surface area (Å²) in [4.78, 5) is 12.4. The van der Waals surface area contributed by atoms with Gasteiger partial charge < -0.3 is 5.32 Å². The Morgan fingerprint density at radius 1 is 1.10 bits per heavy atom. The predicted molar refractivity (Wildman–Crippen MR) is 105 cm³/mol. The number of benzene rings is 1. The van der Waals surface area contributed by atoms with Gasteiger partial charge in [0.1, 0.15) is 0 Å². The average molecular weight is 425 g/mol. The van der Waals surface area contributed by atoms with E-state index in [1.54, 1.807) is 32.5 Å². The van der Waals surface area contributed by atoms with Crippen molar-refractivity contribution in [3.63, 3.8) is 0 Å². The number of carbonyl (C=O) groups is 1. The summed E-state index contributed by atoms with van der Waals surface area (Å²) >= 11 is 0. The molecule has 164 valence electrons. The van der Waals surface area contributed by atoms with Crippen LogP contribution in [-0.4, -0.2) is 15.7 Å². The Hall–Kier alpha value is -2.38. The Labute approximate surface area is 173 Å². The highest BCUT2D eigenvalue weighted by molar-refractivity contribution is 5.78. The van der Waals surface area contributed by atoms with E-state index in [2.05, 4.69) is 17.3 Å². The van der Waals surface area contributed by atoms with E-state index in [1.165, 1.54) is 0 Å². The topological polar surface area (TPSA) is 46.9 Å². The first-order valence-electron chi connectivity index (χ1n) is 10.1. The third-order valence-corrected chi connectivity index (χ3v) is 5.54. The largest absolute Gasteiger partial charge is 0.351 e. The number of amides is 1. The first-order valence-corrected chi connectivity index (χ1v) is 10.1. The number of nitrogens with zero attached hydrogens (tertiary/aromatic N) is 2. The molecule has 1 N–H and O–H groups in total. The molecular formula is C22H27F4N3O. The van der Waals surface area contributed by atoms with Crippen LogP contribution in [0.2, 0.25) is 0 Å². The van der Waals surface area contributed by atoms with E-state index in [0.29, 0.717) is 5.92 Å². The SMILES string of the molecule is CC1CCc2c1nn(C)c2CC(=O)NCc1c(F)c(F)c(CC(C)(C)C)c(F)c1F. The number of aryl methyl sites for hydroxylation is 1. The molecule has 0 fully saturated rings. The van der Waals surface area contributed by atoms with E-state index in [9.17, 15) is 22.4 Å². The van der Waals surface area contributed by atoms with Gasteiger partial charge in [-0.1, -0.05) is 27.7 Å². The molecular weight excluding hydrogens is 398 g/mol. The van der Waals surface area contributed by atoms with Gasteiger partial charge in [-0.15, -0.1) is 0 Å². The Balaban J connectivity index is 1.76. The molecule has 4 nitrogen and oxygen atoms in total. The van der Waals surface area contributed by atoms with Crippen molar-refractivity contribution in [2.75, 3.05) is 0 Å². The van der Waals surface area contributed by atoms with Gasteiger partial charge in [-0.25, -0.2) is 17.6 Å². The van der Waals surface area contributed by atoms with Crippen molar-refractivity contribution in [2.45, 2.75) is 65.8 Å². The molecule has 1 unspecified atom stereocenters. The van der Waals surface area contributed by atoms with Gasteiger partial charge >= 0.3 is 0 Å². The highest BCUT2D eigenvalue weighted by Crippen LogP contribution is 2.34. The van der Waals surface area contributed by atoms with E-state index in [0.717, 1.165) is 29.8 Å². The Kier molecular flexibility index (Phi) is 5.98. The summed E-state index contributed by atoms with van der Waals surface area (Å²) in [6, 6.07) is 0. The minimum atomic E-state index is -1.47. The molecule has 0 radical (unpaired) electrons. The number of halogens is 4. The molecule has 1 atom stereocenters. The number of hydrogen-bond donors (Lipinski definition) is 1. The third kappa shape index (κ3) is 4.23. The molecule has 30 heavy (non-hydrogen) atoms. The molecule has 2 aromatic rings. The number of rotatable bonds is 5. The molecule has 8 heteroatoms. The van der Waals surface area contributed by atoms with E-state index >= 15 is 0 Å². The predicted octanol–water partition coefficient (Wildman–Crippen LogP) is 4.47. The summed E-state index contributed by atoms with van der Waals surface area (Å²) in [5, 5.41) is 6.83. The average Bonchev–Trinajstić information content (AvgIpc) is 3.16. The third-order valence-electron chi connectivity index (χ3n) is 5.54. The van der Waals surface area contributed by atoms with Crippen molar-refractivity contribution in [1.29, 1.82) is 0 Å². The summed E-state index contributed by atoms with van der Waals surface area (Å²) in [6.45, 7) is 6.57. The van der Waals surface area contributed by atoms with E-state index in [-0.39, 0.29) is 12.8 Å². The van der Waals surface area contributed by atoms with Crippen molar-refractivity contribution in [2.24, 2.45) is 12.5 Å². The van der Waals surface area contributed by atoms with Gasteiger partial charge in [-0.3, -0.25) is 9.48 Å². The number of carbonyl (C=O) groups excluding carboxylic acids is 1. The smallest absolute Gasteiger partial charge is 0.226 e. The second-order valence-electron chi connectivity index (χ2n) is 9.28. The minimum Gasteiger partial charge on any atom is -0.351 e. The van der Waals surface area contributed by atoms with Crippen LogP contribution in [0.15, 0.2) is 0 Å². The molecule has 0 spiro atoms. The minimum absolute atomic E-state index is 0.0259. The lowest BCUT2D eigenvalue weighted by molar-refractivity contribution is -0.120. The van der Waals surface area contributed by atoms with Crippen LogP contribution in [0.1, 0.15) is 68.1 Å². The molecule has 0 bridgehead atoms. The monoisotopic (exact) mass is 425 g/mol. The van der Waals surface area contributed by atoms with Crippen LogP contribution < -0.4 is 5.32 Å². The quantitative estimate of drug-likeness (QED) is 0.568. The van der Waals surface area contributed by atoms with Gasteiger partial charge in [-0.05, 0) is 30.2 Å². The molecule has 1 heterocycles. The fraction of sp³-hybridized carbons (Fsp3) is 0.545. The Morgan fingerprint density at radius 3 is 2.23 bits per heavy atom. The lowest BCUT2D eigenvalue weighted by atomic mass is 9.87. The lowest BCUT2D eigenvalue weighted by Gasteiger charge is -2.20. The summed E-state index contributed by atoms with van der Waals surface area (Å²) in [5.41, 5.74) is 0.742. The summed E-state index contributed by atoms with van der Waals surface area (Å²) in [5.74, 6) is -5.94. The number of fused-ring (bicyclic) bond motifs is 1. The number of nitrogens with one attached hydrogen (secondary N) is 1. The molecule has 0 aliphatic heterocycles. The summed E-state index contributed by atoms with van der Waals surface area (Å²) in [7, 11) is 1.74. The van der Waals surface area contributed by atoms with Crippen molar-refractivity contribution >= 4 is 5.91 Å². The first kappa shape index (κ1) is 22.3. The van der Waals surface area contributed by atoms with Crippen LogP contribution in [0, 0.1) is 28.7 Å². The zero-order valence-electron chi connectivity index (χ0n) is 17.9. The van der Waals surface area contributed by atoms with Crippen LogP contribution in [-0.2, 0) is 37.6 Å². The van der Waals surface area contributed by atoms with Crippen LogP contribution in [0.25, 0.3) is 0 Å². The second kappa shape index (κ2) is 8.04. The Bertz CT molecular complexity index is 962. The van der Waals surface area contributed by atoms with Crippen LogP contribution in [0.5, 0.6) is 0 Å². The van der Waals surface area contributed by atoms with E-state index in [1.807, 2.05) is 0 Å². The molecule has 3 rings (SSSR count). The van der Waals surface area contributed by atoms with Crippen molar-refractivity contribution in [3.8, 4) is 0 Å². The molecule has 1 aliphatic rings. The Morgan fingerprint density at radius 2 is 1.67 bits per heavy atom. The van der Waals surface area contributed by atoms with Gasteiger partial charge in [0.15, 0.2) is 23.3 Å². The second-order valence-corrected chi connectivity index (χ2v) is 9.28. The molecule has 0 saturated heterocycles. The first-order chi connectivity index (χ1) is 13.9. The normalized spacial score (nSPS) is 16.1. The lowest BCUT2D eigenvalue weighted by Crippen LogP contribution is -2.27. The summed E-state index contributed by atoms with van der Waals surface area (Å²) < 4.78 is 59.3. The zero-order chi connectivity index (χ0) is 22.4. The fourth-order valence-corrected chi connectivity index (χ4v) is 3.98. The van der Waals surface area contributed by atoms with Crippen LogP contribution in [0.4, 0.5) is 17.6 Å². The van der Waals surface area contributed by atoms with Crippen molar-refractivity contribution < 1.29 is 22.4 Å². The highest BCUT2D eigenvalue weighted by atomic mass is 19.2. The highest BCUT2D eigenvalue weighted by Gasteiger charge is 2.29. The maximum atomic E-state index is 14.4.